The number of hydrogen-bond donors (Lipinski definition) is 1. The smallest absolute Gasteiger partial charge is 0.159 e. The van der Waals surface area contributed by atoms with Crippen molar-refractivity contribution in [3.8, 4) is 0 Å². The molecule has 2 unspecified atom stereocenters. The first-order chi connectivity index (χ1) is 3.89. The van der Waals surface area contributed by atoms with Gasteiger partial charge in [0.05, 0.1) is 11.5 Å². The zero-order chi connectivity index (χ0) is 7.65. The van der Waals surface area contributed by atoms with Crippen molar-refractivity contribution in [3.63, 3.8) is 0 Å². The van der Waals surface area contributed by atoms with Crippen LogP contribution in [0, 0.1) is 0 Å². The van der Waals surface area contributed by atoms with Gasteiger partial charge in [0.2, 0.25) is 0 Å². The Morgan fingerprint density at radius 2 is 1.67 bits per heavy atom. The normalized spacial score (nSPS) is 19.3. The summed E-state index contributed by atoms with van der Waals surface area (Å²) in [4.78, 5) is 0. The number of hydrogen-bond acceptors (Lipinski definition) is 1. The highest BCUT2D eigenvalue weighted by Gasteiger charge is 2.35. The molecule has 0 saturated carbocycles. The van der Waals surface area contributed by atoms with E-state index in [2.05, 4.69) is 0 Å². The first kappa shape index (κ1) is 9.83. The van der Waals surface area contributed by atoms with Crippen LogP contribution in [0.5, 0.6) is 0 Å². The molecule has 2 atom stereocenters. The maximum Gasteiger partial charge on any atom is 0.159 e. The molecule has 56 valence electrons. The zero-order valence-corrected chi connectivity index (χ0v) is 7.50. The molecule has 0 bridgehead atoms. The standard InChI is InChI=1S/C5H9Cl3O/c1-3(6)5(7,8)4(2)9/h3-4,9H,1-2H3. The van der Waals surface area contributed by atoms with Gasteiger partial charge in [-0.1, -0.05) is 23.2 Å². The molecule has 0 aromatic heterocycles. The third kappa shape index (κ3) is 2.50. The van der Waals surface area contributed by atoms with Gasteiger partial charge in [0.25, 0.3) is 0 Å². The zero-order valence-electron chi connectivity index (χ0n) is 5.24. The molecule has 1 nitrogen and oxygen atoms in total. The Balaban J connectivity index is 4.01. The summed E-state index contributed by atoms with van der Waals surface area (Å²) in [5.74, 6) is 0. The first-order valence-corrected chi connectivity index (χ1v) is 3.78. The highest BCUT2D eigenvalue weighted by atomic mass is 35.5. The summed E-state index contributed by atoms with van der Waals surface area (Å²) in [7, 11) is 0. The van der Waals surface area contributed by atoms with E-state index in [4.69, 9.17) is 39.9 Å². The molecule has 0 heterocycles. The third-order valence-electron chi connectivity index (χ3n) is 1.09. The lowest BCUT2D eigenvalue weighted by Crippen LogP contribution is -2.35. The molecule has 0 amide bonds. The summed E-state index contributed by atoms with van der Waals surface area (Å²) in [6.45, 7) is 3.13. The van der Waals surface area contributed by atoms with Crippen molar-refractivity contribution in [2.24, 2.45) is 0 Å². The maximum absolute atomic E-state index is 8.90. The van der Waals surface area contributed by atoms with Crippen molar-refractivity contribution in [2.45, 2.75) is 29.7 Å². The molecule has 0 aliphatic rings. The Morgan fingerprint density at radius 3 is 1.67 bits per heavy atom. The average molecular weight is 191 g/mol. The lowest BCUT2D eigenvalue weighted by molar-refractivity contribution is 0.174. The van der Waals surface area contributed by atoms with E-state index in [-0.39, 0.29) is 0 Å². The van der Waals surface area contributed by atoms with Gasteiger partial charge in [-0.3, -0.25) is 0 Å². The molecule has 0 aromatic carbocycles. The van der Waals surface area contributed by atoms with Gasteiger partial charge < -0.3 is 5.11 Å². The van der Waals surface area contributed by atoms with Crippen molar-refractivity contribution in [3.05, 3.63) is 0 Å². The van der Waals surface area contributed by atoms with E-state index < -0.39 is 15.8 Å². The second-order valence-electron chi connectivity index (χ2n) is 1.97. The van der Waals surface area contributed by atoms with E-state index >= 15 is 0 Å². The third-order valence-corrected chi connectivity index (χ3v) is 2.94. The summed E-state index contributed by atoms with van der Waals surface area (Å²) >= 11 is 16.7. The van der Waals surface area contributed by atoms with Crippen LogP contribution in [0.4, 0.5) is 0 Å². The van der Waals surface area contributed by atoms with Crippen molar-refractivity contribution in [1.82, 2.24) is 0 Å². The largest absolute Gasteiger partial charge is 0.390 e. The van der Waals surface area contributed by atoms with Crippen LogP contribution in [-0.4, -0.2) is 20.9 Å². The predicted octanol–water partition coefficient (Wildman–Crippen LogP) is 2.17. The second-order valence-corrected chi connectivity index (χ2v) is 4.07. The van der Waals surface area contributed by atoms with Crippen molar-refractivity contribution >= 4 is 34.8 Å². The molecule has 0 saturated heterocycles. The molecule has 0 aliphatic heterocycles. The van der Waals surface area contributed by atoms with Gasteiger partial charge in [0, 0.05) is 0 Å². The van der Waals surface area contributed by atoms with Gasteiger partial charge in [0.15, 0.2) is 4.33 Å². The number of aliphatic hydroxyl groups is 1. The van der Waals surface area contributed by atoms with E-state index in [0.29, 0.717) is 0 Å². The number of halogens is 3. The molecular formula is C5H9Cl3O. The van der Waals surface area contributed by atoms with Gasteiger partial charge in [0.1, 0.15) is 0 Å². The minimum atomic E-state index is -1.23. The SMILES string of the molecule is CC(O)C(Cl)(Cl)C(C)Cl. The van der Waals surface area contributed by atoms with Crippen molar-refractivity contribution in [2.75, 3.05) is 0 Å². The lowest BCUT2D eigenvalue weighted by Gasteiger charge is -2.24. The van der Waals surface area contributed by atoms with E-state index in [1.807, 2.05) is 0 Å². The molecule has 0 fully saturated rings. The topological polar surface area (TPSA) is 20.2 Å². The monoisotopic (exact) mass is 190 g/mol. The van der Waals surface area contributed by atoms with E-state index in [0.717, 1.165) is 0 Å². The fourth-order valence-electron chi connectivity index (χ4n) is 0.332. The summed E-state index contributed by atoms with van der Waals surface area (Å²) < 4.78 is -1.23. The van der Waals surface area contributed by atoms with Crippen LogP contribution < -0.4 is 0 Å². The summed E-state index contributed by atoms with van der Waals surface area (Å²) in [6.07, 6.45) is -0.812. The van der Waals surface area contributed by atoms with Crippen molar-refractivity contribution < 1.29 is 5.11 Å². The second kappa shape index (κ2) is 3.29. The molecule has 4 heteroatoms. The Morgan fingerprint density at radius 1 is 1.33 bits per heavy atom. The van der Waals surface area contributed by atoms with Crippen LogP contribution >= 0.6 is 34.8 Å². The molecule has 1 N–H and O–H groups in total. The summed E-state index contributed by atoms with van der Waals surface area (Å²) in [5, 5.41) is 8.44. The van der Waals surface area contributed by atoms with Crippen LogP contribution in [0.15, 0.2) is 0 Å². The van der Waals surface area contributed by atoms with E-state index in [1.54, 1.807) is 6.92 Å². The first-order valence-electron chi connectivity index (χ1n) is 2.59. The van der Waals surface area contributed by atoms with E-state index in [9.17, 15) is 0 Å². The van der Waals surface area contributed by atoms with Crippen LogP contribution in [0.3, 0.4) is 0 Å². The summed E-state index contributed by atoms with van der Waals surface area (Å²) in [6, 6.07) is 0. The predicted molar refractivity (Wildman–Crippen MR) is 41.4 cm³/mol. The number of alkyl halides is 3. The molecular weight excluding hydrogens is 182 g/mol. The highest BCUT2D eigenvalue weighted by molar-refractivity contribution is 6.52. The van der Waals surface area contributed by atoms with Gasteiger partial charge >= 0.3 is 0 Å². The Hall–Kier alpha value is 0.830. The molecule has 0 aromatic rings. The Kier molecular flexibility index (Phi) is 3.59. The Labute approximate surface area is 69.9 Å². The van der Waals surface area contributed by atoms with Crippen molar-refractivity contribution in [1.29, 1.82) is 0 Å². The summed E-state index contributed by atoms with van der Waals surface area (Å²) in [5.41, 5.74) is 0. The molecule has 0 spiro atoms. The van der Waals surface area contributed by atoms with Gasteiger partial charge in [-0.05, 0) is 13.8 Å². The Bertz CT molecular complexity index is 80.2. The molecule has 0 rings (SSSR count). The molecule has 0 radical (unpaired) electrons. The van der Waals surface area contributed by atoms with Gasteiger partial charge in [-0.15, -0.1) is 11.6 Å². The molecule has 0 aliphatic carbocycles. The average Bonchev–Trinajstić information content (AvgIpc) is 1.65. The van der Waals surface area contributed by atoms with Crippen LogP contribution in [-0.2, 0) is 0 Å². The van der Waals surface area contributed by atoms with Crippen LogP contribution in [0.25, 0.3) is 0 Å². The van der Waals surface area contributed by atoms with E-state index in [1.165, 1.54) is 6.92 Å². The molecule has 9 heavy (non-hydrogen) atoms. The van der Waals surface area contributed by atoms with Crippen LogP contribution in [0.2, 0.25) is 0 Å². The number of aliphatic hydroxyl groups excluding tert-OH is 1. The fourth-order valence-corrected chi connectivity index (χ4v) is 0.515. The van der Waals surface area contributed by atoms with Crippen LogP contribution in [0.1, 0.15) is 13.8 Å². The minimum Gasteiger partial charge on any atom is -0.390 e. The lowest BCUT2D eigenvalue weighted by atomic mass is 10.2. The minimum absolute atomic E-state index is 0.458. The fraction of sp³-hybridized carbons (Fsp3) is 1.00. The number of rotatable bonds is 2. The maximum atomic E-state index is 8.90. The van der Waals surface area contributed by atoms with Gasteiger partial charge in [-0.2, -0.15) is 0 Å². The highest BCUT2D eigenvalue weighted by Crippen LogP contribution is 2.32. The quantitative estimate of drug-likeness (QED) is 0.663. The van der Waals surface area contributed by atoms with Gasteiger partial charge in [-0.25, -0.2) is 0 Å².